The van der Waals surface area contributed by atoms with Crippen LogP contribution < -0.4 is 5.73 Å². The summed E-state index contributed by atoms with van der Waals surface area (Å²) in [6.07, 6.45) is 0. The standard InChI is InChI=1S/C14H10F3N3/c1-7-4-13-11(6-10(7)17)19-14(18)20(13)12-5-8(15)2-3-9(12)16/h2-6H,1H3,(H2,18,19). The number of hydrogen-bond acceptors (Lipinski definition) is 2. The van der Waals surface area contributed by atoms with Crippen molar-refractivity contribution in [2.45, 2.75) is 6.92 Å². The first-order chi connectivity index (χ1) is 9.47. The quantitative estimate of drug-likeness (QED) is 0.741. The Balaban J connectivity index is 2.38. The largest absolute Gasteiger partial charge is 0.369 e. The van der Waals surface area contributed by atoms with Crippen LogP contribution in [0.1, 0.15) is 5.56 Å². The van der Waals surface area contributed by atoms with Gasteiger partial charge in [-0.05, 0) is 30.7 Å². The van der Waals surface area contributed by atoms with Gasteiger partial charge in [0, 0.05) is 12.1 Å². The maximum atomic E-state index is 13.9. The second kappa shape index (κ2) is 4.26. The molecule has 2 aromatic carbocycles. The monoisotopic (exact) mass is 277 g/mol. The molecule has 0 aliphatic rings. The van der Waals surface area contributed by atoms with Gasteiger partial charge >= 0.3 is 0 Å². The van der Waals surface area contributed by atoms with E-state index >= 15 is 0 Å². The average Bonchev–Trinajstić information content (AvgIpc) is 2.69. The minimum Gasteiger partial charge on any atom is -0.369 e. The summed E-state index contributed by atoms with van der Waals surface area (Å²) in [6, 6.07) is 5.75. The van der Waals surface area contributed by atoms with E-state index in [0.717, 1.165) is 18.2 Å². The molecule has 0 atom stereocenters. The van der Waals surface area contributed by atoms with E-state index in [1.807, 2.05) is 0 Å². The van der Waals surface area contributed by atoms with E-state index in [0.29, 0.717) is 11.1 Å². The summed E-state index contributed by atoms with van der Waals surface area (Å²) in [4.78, 5) is 3.97. The molecule has 0 unspecified atom stereocenters. The fourth-order valence-electron chi connectivity index (χ4n) is 2.13. The summed E-state index contributed by atoms with van der Waals surface area (Å²) >= 11 is 0. The Bertz CT molecular complexity index is 824. The number of hydrogen-bond donors (Lipinski definition) is 1. The summed E-state index contributed by atoms with van der Waals surface area (Å²) in [5, 5.41) is 0. The normalized spacial score (nSPS) is 11.2. The van der Waals surface area contributed by atoms with Gasteiger partial charge in [-0.2, -0.15) is 0 Å². The summed E-state index contributed by atoms with van der Waals surface area (Å²) in [6.45, 7) is 1.57. The minimum atomic E-state index is -0.639. The van der Waals surface area contributed by atoms with Crippen LogP contribution in [0.5, 0.6) is 0 Å². The van der Waals surface area contributed by atoms with Crippen molar-refractivity contribution in [2.24, 2.45) is 0 Å². The number of imidazole rings is 1. The second-order valence-electron chi connectivity index (χ2n) is 4.49. The van der Waals surface area contributed by atoms with Gasteiger partial charge in [0.25, 0.3) is 0 Å². The predicted molar refractivity (Wildman–Crippen MR) is 70.1 cm³/mol. The van der Waals surface area contributed by atoms with E-state index in [1.165, 1.54) is 16.7 Å². The van der Waals surface area contributed by atoms with E-state index in [9.17, 15) is 13.2 Å². The molecule has 1 heterocycles. The average molecular weight is 277 g/mol. The molecule has 102 valence electrons. The zero-order valence-electron chi connectivity index (χ0n) is 10.5. The number of nitrogens with two attached hydrogens (primary N) is 1. The number of anilines is 1. The van der Waals surface area contributed by atoms with Crippen LogP contribution in [0.2, 0.25) is 0 Å². The molecule has 0 aliphatic carbocycles. The highest BCUT2D eigenvalue weighted by Crippen LogP contribution is 2.27. The SMILES string of the molecule is Cc1cc2c(cc1F)nc(N)n2-c1cc(F)ccc1F. The third-order valence-electron chi connectivity index (χ3n) is 3.11. The van der Waals surface area contributed by atoms with Gasteiger partial charge in [-0.3, -0.25) is 4.57 Å². The molecule has 0 amide bonds. The Kier molecular flexibility index (Phi) is 2.67. The minimum absolute atomic E-state index is 0.0329. The van der Waals surface area contributed by atoms with E-state index < -0.39 is 17.5 Å². The van der Waals surface area contributed by atoms with Gasteiger partial charge in [0.2, 0.25) is 5.95 Å². The van der Waals surface area contributed by atoms with Crippen molar-refractivity contribution in [2.75, 3.05) is 5.73 Å². The molecule has 20 heavy (non-hydrogen) atoms. The number of aromatic nitrogens is 2. The summed E-state index contributed by atoms with van der Waals surface area (Å²) in [5.41, 5.74) is 6.76. The Labute approximate surface area is 112 Å². The van der Waals surface area contributed by atoms with Crippen molar-refractivity contribution in [3.05, 3.63) is 53.3 Å². The molecule has 0 spiro atoms. The Hall–Kier alpha value is -2.50. The molecular weight excluding hydrogens is 267 g/mol. The fraction of sp³-hybridized carbons (Fsp3) is 0.0714. The Morgan fingerprint density at radius 3 is 2.55 bits per heavy atom. The van der Waals surface area contributed by atoms with E-state index in [1.54, 1.807) is 6.92 Å². The number of halogens is 3. The van der Waals surface area contributed by atoms with Crippen molar-refractivity contribution in [1.29, 1.82) is 0 Å². The molecule has 0 fully saturated rings. The highest BCUT2D eigenvalue weighted by atomic mass is 19.1. The van der Waals surface area contributed by atoms with E-state index in [2.05, 4.69) is 4.98 Å². The smallest absolute Gasteiger partial charge is 0.206 e. The van der Waals surface area contributed by atoms with Gasteiger partial charge in [0.15, 0.2) is 0 Å². The number of aryl methyl sites for hydroxylation is 1. The molecule has 0 bridgehead atoms. The first kappa shape index (κ1) is 12.5. The zero-order chi connectivity index (χ0) is 14.4. The van der Waals surface area contributed by atoms with Crippen LogP contribution in [-0.2, 0) is 0 Å². The van der Waals surface area contributed by atoms with Crippen LogP contribution in [0.25, 0.3) is 16.7 Å². The molecule has 3 aromatic rings. The lowest BCUT2D eigenvalue weighted by Gasteiger charge is -2.08. The van der Waals surface area contributed by atoms with Crippen LogP contribution in [0, 0.1) is 24.4 Å². The summed E-state index contributed by atoms with van der Waals surface area (Å²) in [5.74, 6) is -1.70. The Morgan fingerprint density at radius 1 is 1.05 bits per heavy atom. The first-order valence-electron chi connectivity index (χ1n) is 5.87. The molecule has 3 rings (SSSR count). The van der Waals surface area contributed by atoms with Crippen molar-refractivity contribution in [3.63, 3.8) is 0 Å². The Morgan fingerprint density at radius 2 is 1.80 bits per heavy atom. The molecule has 0 saturated heterocycles. The van der Waals surface area contributed by atoms with Gasteiger partial charge in [0.05, 0.1) is 16.7 Å². The molecule has 0 aliphatic heterocycles. The van der Waals surface area contributed by atoms with Crippen LogP contribution in [0.3, 0.4) is 0 Å². The zero-order valence-corrected chi connectivity index (χ0v) is 10.5. The van der Waals surface area contributed by atoms with Gasteiger partial charge in [-0.25, -0.2) is 18.2 Å². The van der Waals surface area contributed by atoms with Gasteiger partial charge in [-0.15, -0.1) is 0 Å². The molecular formula is C14H10F3N3. The molecule has 0 radical (unpaired) electrons. The molecule has 0 saturated carbocycles. The predicted octanol–water partition coefficient (Wildman–Crippen LogP) is 3.33. The van der Waals surface area contributed by atoms with Crippen LogP contribution in [0.4, 0.5) is 19.1 Å². The number of benzene rings is 2. The van der Waals surface area contributed by atoms with Crippen LogP contribution >= 0.6 is 0 Å². The second-order valence-corrected chi connectivity index (χ2v) is 4.49. The van der Waals surface area contributed by atoms with Gasteiger partial charge in [-0.1, -0.05) is 0 Å². The third-order valence-corrected chi connectivity index (χ3v) is 3.11. The van der Waals surface area contributed by atoms with E-state index in [4.69, 9.17) is 5.73 Å². The fourth-order valence-corrected chi connectivity index (χ4v) is 2.13. The maximum absolute atomic E-state index is 13.9. The lowest BCUT2D eigenvalue weighted by atomic mass is 10.2. The molecule has 2 N–H and O–H groups in total. The molecule has 3 nitrogen and oxygen atoms in total. The molecule has 6 heteroatoms. The van der Waals surface area contributed by atoms with Crippen LogP contribution in [-0.4, -0.2) is 9.55 Å². The van der Waals surface area contributed by atoms with Crippen molar-refractivity contribution < 1.29 is 13.2 Å². The number of nitrogen functional groups attached to an aromatic ring is 1. The highest BCUT2D eigenvalue weighted by molar-refractivity contribution is 5.81. The molecule has 1 aromatic heterocycles. The van der Waals surface area contributed by atoms with Crippen LogP contribution in [0.15, 0.2) is 30.3 Å². The first-order valence-corrected chi connectivity index (χ1v) is 5.87. The number of fused-ring (bicyclic) bond motifs is 1. The third kappa shape index (κ3) is 1.80. The van der Waals surface area contributed by atoms with Crippen molar-refractivity contribution in [1.82, 2.24) is 9.55 Å². The van der Waals surface area contributed by atoms with Gasteiger partial charge in [0.1, 0.15) is 17.5 Å². The highest BCUT2D eigenvalue weighted by Gasteiger charge is 2.15. The van der Waals surface area contributed by atoms with E-state index in [-0.39, 0.29) is 17.2 Å². The van der Waals surface area contributed by atoms with Gasteiger partial charge < -0.3 is 5.73 Å². The summed E-state index contributed by atoms with van der Waals surface area (Å²) in [7, 11) is 0. The van der Waals surface area contributed by atoms with Crippen molar-refractivity contribution in [3.8, 4) is 5.69 Å². The lowest BCUT2D eigenvalue weighted by Crippen LogP contribution is -2.03. The topological polar surface area (TPSA) is 43.8 Å². The number of rotatable bonds is 1. The lowest BCUT2D eigenvalue weighted by molar-refractivity contribution is 0.594. The van der Waals surface area contributed by atoms with Crippen molar-refractivity contribution >= 4 is 17.0 Å². The summed E-state index contributed by atoms with van der Waals surface area (Å²) < 4.78 is 42.0. The maximum Gasteiger partial charge on any atom is 0.206 e. The number of nitrogens with zero attached hydrogens (tertiary/aromatic N) is 2.